The Hall–Kier alpha value is -0.610. The molecule has 3 N–H and O–H groups in total. The Morgan fingerprint density at radius 1 is 1.50 bits per heavy atom. The van der Waals surface area contributed by atoms with E-state index in [1.165, 1.54) is 12.8 Å². The van der Waals surface area contributed by atoms with Gasteiger partial charge < -0.3 is 16.0 Å². The second-order valence-corrected chi connectivity index (χ2v) is 5.02. The molecule has 0 spiro atoms. The summed E-state index contributed by atoms with van der Waals surface area (Å²) in [5.74, 6) is -0.250. The van der Waals surface area contributed by atoms with Crippen LogP contribution in [0.5, 0.6) is 0 Å². The number of rotatable bonds is 6. The molecule has 0 aromatic heterocycles. The van der Waals surface area contributed by atoms with E-state index < -0.39 is 5.54 Å². The minimum absolute atomic E-state index is 0.250. The fourth-order valence-corrected chi connectivity index (χ4v) is 2.55. The Morgan fingerprint density at radius 3 is 2.50 bits per heavy atom. The second kappa shape index (κ2) is 5.64. The first-order valence-corrected chi connectivity index (χ1v) is 6.28. The van der Waals surface area contributed by atoms with Crippen molar-refractivity contribution >= 4 is 5.91 Å². The van der Waals surface area contributed by atoms with Crippen molar-refractivity contribution in [2.45, 2.75) is 51.6 Å². The molecule has 1 aliphatic heterocycles. The van der Waals surface area contributed by atoms with Crippen LogP contribution in [0.2, 0.25) is 0 Å². The lowest BCUT2D eigenvalue weighted by molar-refractivity contribution is -0.124. The summed E-state index contributed by atoms with van der Waals surface area (Å²) in [6.07, 6.45) is 3.34. The van der Waals surface area contributed by atoms with E-state index in [0.29, 0.717) is 6.04 Å². The summed E-state index contributed by atoms with van der Waals surface area (Å²) in [5.41, 5.74) is 4.91. The molecule has 1 heterocycles. The number of hydrogen-bond donors (Lipinski definition) is 2. The van der Waals surface area contributed by atoms with Crippen molar-refractivity contribution in [3.63, 3.8) is 0 Å². The molecular formula is C12H25N3O. The molecular weight excluding hydrogens is 202 g/mol. The zero-order valence-electron chi connectivity index (χ0n) is 10.8. The van der Waals surface area contributed by atoms with E-state index in [1.54, 1.807) is 0 Å². The molecule has 1 aliphatic rings. The van der Waals surface area contributed by atoms with Crippen LogP contribution in [0.1, 0.15) is 40.0 Å². The van der Waals surface area contributed by atoms with Crippen LogP contribution in [0.15, 0.2) is 0 Å². The second-order valence-electron chi connectivity index (χ2n) is 5.02. The van der Waals surface area contributed by atoms with Crippen LogP contribution < -0.4 is 11.1 Å². The van der Waals surface area contributed by atoms with Crippen LogP contribution in [0.3, 0.4) is 0 Å². The number of nitrogens with zero attached hydrogens (tertiary/aromatic N) is 1. The molecule has 0 aliphatic carbocycles. The van der Waals surface area contributed by atoms with Gasteiger partial charge in [0.25, 0.3) is 0 Å². The number of nitrogens with two attached hydrogens (primary N) is 1. The Bertz CT molecular complexity index is 238. The van der Waals surface area contributed by atoms with Gasteiger partial charge in [0.15, 0.2) is 0 Å². The molecule has 1 fully saturated rings. The number of nitrogens with one attached hydrogen (secondary N) is 1. The molecule has 0 bridgehead atoms. The largest absolute Gasteiger partial charge is 0.368 e. The van der Waals surface area contributed by atoms with Crippen molar-refractivity contribution in [3.05, 3.63) is 0 Å². The van der Waals surface area contributed by atoms with E-state index >= 15 is 0 Å². The summed E-state index contributed by atoms with van der Waals surface area (Å²) < 4.78 is 0. The molecule has 0 radical (unpaired) electrons. The smallest absolute Gasteiger partial charge is 0.237 e. The predicted octanol–water partition coefficient (Wildman–Crippen LogP) is 0.714. The normalized spacial score (nSPS) is 22.9. The highest BCUT2D eigenvalue weighted by molar-refractivity contribution is 5.84. The van der Waals surface area contributed by atoms with E-state index in [1.807, 2.05) is 13.8 Å². The maximum atomic E-state index is 11.5. The lowest BCUT2D eigenvalue weighted by Crippen LogP contribution is -2.56. The summed E-state index contributed by atoms with van der Waals surface area (Å²) in [6.45, 7) is 9.17. The highest BCUT2D eigenvalue weighted by Crippen LogP contribution is 2.20. The van der Waals surface area contributed by atoms with Gasteiger partial charge in [0.2, 0.25) is 5.91 Å². The Kier molecular flexibility index (Phi) is 4.74. The van der Waals surface area contributed by atoms with Gasteiger partial charge >= 0.3 is 0 Å². The van der Waals surface area contributed by atoms with Crippen LogP contribution in [-0.4, -0.2) is 42.0 Å². The zero-order valence-corrected chi connectivity index (χ0v) is 10.8. The van der Waals surface area contributed by atoms with Gasteiger partial charge in [-0.25, -0.2) is 0 Å². The molecule has 0 aromatic carbocycles. The number of hydrogen-bond acceptors (Lipinski definition) is 3. The van der Waals surface area contributed by atoms with Crippen molar-refractivity contribution in [1.29, 1.82) is 0 Å². The standard InChI is InChI=1S/C12H25N3O/c1-4-14-12(3,11(13)16)9-10(2)15-7-5-6-8-15/h10,14H,4-9H2,1-3H3,(H2,13,16). The molecule has 4 nitrogen and oxygen atoms in total. The van der Waals surface area contributed by atoms with Gasteiger partial charge in [-0.05, 0) is 52.7 Å². The SMILES string of the molecule is CCNC(C)(CC(C)N1CCCC1)C(N)=O. The van der Waals surface area contributed by atoms with Crippen LogP contribution in [0.25, 0.3) is 0 Å². The molecule has 1 amide bonds. The van der Waals surface area contributed by atoms with Crippen molar-refractivity contribution in [3.8, 4) is 0 Å². The third-order valence-electron chi connectivity index (χ3n) is 3.58. The number of likely N-dealkylation sites (N-methyl/N-ethyl adjacent to an activating group) is 1. The van der Waals surface area contributed by atoms with E-state index in [2.05, 4.69) is 17.1 Å². The van der Waals surface area contributed by atoms with Crippen LogP contribution in [0.4, 0.5) is 0 Å². The molecule has 0 aromatic rings. The van der Waals surface area contributed by atoms with Gasteiger partial charge in [-0.3, -0.25) is 4.79 Å². The third-order valence-corrected chi connectivity index (χ3v) is 3.58. The summed E-state index contributed by atoms with van der Waals surface area (Å²) in [5, 5.41) is 3.21. The van der Waals surface area contributed by atoms with Crippen molar-refractivity contribution < 1.29 is 4.79 Å². The van der Waals surface area contributed by atoms with Gasteiger partial charge in [-0.15, -0.1) is 0 Å². The molecule has 0 saturated carbocycles. The zero-order chi connectivity index (χ0) is 12.2. The summed E-state index contributed by atoms with van der Waals surface area (Å²) >= 11 is 0. The Labute approximate surface area is 98.6 Å². The minimum atomic E-state index is -0.573. The molecule has 16 heavy (non-hydrogen) atoms. The maximum Gasteiger partial charge on any atom is 0.237 e. The van der Waals surface area contributed by atoms with Crippen LogP contribution in [0, 0.1) is 0 Å². The fraction of sp³-hybridized carbons (Fsp3) is 0.917. The molecule has 94 valence electrons. The quantitative estimate of drug-likeness (QED) is 0.703. The monoisotopic (exact) mass is 227 g/mol. The maximum absolute atomic E-state index is 11.5. The number of likely N-dealkylation sites (tertiary alicyclic amines) is 1. The molecule has 4 heteroatoms. The topological polar surface area (TPSA) is 58.4 Å². The number of carbonyl (C=O) groups is 1. The lowest BCUT2D eigenvalue weighted by Gasteiger charge is -2.33. The first-order valence-electron chi connectivity index (χ1n) is 6.28. The van der Waals surface area contributed by atoms with Gasteiger partial charge in [0.1, 0.15) is 0 Å². The Morgan fingerprint density at radius 2 is 2.06 bits per heavy atom. The average Bonchev–Trinajstić information content (AvgIpc) is 2.70. The number of primary amides is 1. The third kappa shape index (κ3) is 3.19. The highest BCUT2D eigenvalue weighted by atomic mass is 16.1. The van der Waals surface area contributed by atoms with Crippen LogP contribution in [-0.2, 0) is 4.79 Å². The van der Waals surface area contributed by atoms with E-state index in [9.17, 15) is 4.79 Å². The first kappa shape index (κ1) is 13.5. The van der Waals surface area contributed by atoms with E-state index in [4.69, 9.17) is 5.73 Å². The van der Waals surface area contributed by atoms with Gasteiger partial charge in [-0.1, -0.05) is 6.92 Å². The summed E-state index contributed by atoms with van der Waals surface area (Å²) in [4.78, 5) is 13.9. The summed E-state index contributed by atoms with van der Waals surface area (Å²) in [6, 6.07) is 0.416. The van der Waals surface area contributed by atoms with Gasteiger partial charge in [-0.2, -0.15) is 0 Å². The van der Waals surface area contributed by atoms with Crippen molar-refractivity contribution in [1.82, 2.24) is 10.2 Å². The average molecular weight is 227 g/mol. The molecule has 2 atom stereocenters. The molecule has 1 saturated heterocycles. The lowest BCUT2D eigenvalue weighted by atomic mass is 9.92. The van der Waals surface area contributed by atoms with Crippen LogP contribution >= 0.6 is 0 Å². The predicted molar refractivity (Wildman–Crippen MR) is 66.2 cm³/mol. The van der Waals surface area contributed by atoms with Crippen molar-refractivity contribution in [2.24, 2.45) is 5.73 Å². The molecule has 1 rings (SSSR count). The Balaban J connectivity index is 2.56. The number of carbonyl (C=O) groups excluding carboxylic acids is 1. The first-order chi connectivity index (χ1) is 7.49. The van der Waals surface area contributed by atoms with E-state index in [-0.39, 0.29) is 5.91 Å². The molecule has 2 unspecified atom stereocenters. The fourth-order valence-electron chi connectivity index (χ4n) is 2.55. The minimum Gasteiger partial charge on any atom is -0.368 e. The van der Waals surface area contributed by atoms with Gasteiger partial charge in [0.05, 0.1) is 5.54 Å². The highest BCUT2D eigenvalue weighted by Gasteiger charge is 2.33. The summed E-state index contributed by atoms with van der Waals surface area (Å²) in [7, 11) is 0. The van der Waals surface area contributed by atoms with Crippen molar-refractivity contribution in [2.75, 3.05) is 19.6 Å². The van der Waals surface area contributed by atoms with Gasteiger partial charge in [0, 0.05) is 6.04 Å². The number of amides is 1. The van der Waals surface area contributed by atoms with E-state index in [0.717, 1.165) is 26.1 Å².